The zero-order valence-corrected chi connectivity index (χ0v) is 18.5. The molecule has 0 spiro atoms. The molecule has 2 fully saturated rings. The van der Waals surface area contributed by atoms with Gasteiger partial charge in [0, 0.05) is 24.7 Å². The van der Waals surface area contributed by atoms with Gasteiger partial charge >= 0.3 is 0 Å². The number of anilines is 1. The molecule has 2 amide bonds. The van der Waals surface area contributed by atoms with Gasteiger partial charge in [-0.05, 0) is 68.6 Å². The number of hydrogen-bond acceptors (Lipinski definition) is 3. The van der Waals surface area contributed by atoms with E-state index in [2.05, 4.69) is 15.1 Å². The summed E-state index contributed by atoms with van der Waals surface area (Å²) in [5, 5.41) is 2.94. The van der Waals surface area contributed by atoms with Gasteiger partial charge in [-0.1, -0.05) is 43.2 Å². The smallest absolute Gasteiger partial charge is 0.246 e. The molecular weight excluding hydrogens is 405 g/mol. The Morgan fingerprint density at radius 3 is 2.09 bits per heavy atom. The third kappa shape index (κ3) is 5.54. The molecule has 0 bridgehead atoms. The normalized spacial score (nSPS) is 19.2. The first-order valence-corrected chi connectivity index (χ1v) is 11.8. The number of hydrogen-bond donors (Lipinski definition) is 1. The summed E-state index contributed by atoms with van der Waals surface area (Å²) >= 11 is 0. The van der Waals surface area contributed by atoms with E-state index in [1.165, 1.54) is 25.0 Å². The molecular formula is C26H32FN3O2. The maximum atomic E-state index is 13.3. The van der Waals surface area contributed by atoms with Crippen LogP contribution in [0.4, 0.5) is 10.1 Å². The second-order valence-electron chi connectivity index (χ2n) is 8.86. The third-order valence-electron chi connectivity index (χ3n) is 6.64. The van der Waals surface area contributed by atoms with Crippen LogP contribution in [-0.4, -0.2) is 47.8 Å². The van der Waals surface area contributed by atoms with Gasteiger partial charge in [-0.25, -0.2) is 4.39 Å². The van der Waals surface area contributed by atoms with Crippen molar-refractivity contribution in [1.29, 1.82) is 0 Å². The van der Waals surface area contributed by atoms with E-state index in [0.717, 1.165) is 44.3 Å². The van der Waals surface area contributed by atoms with Gasteiger partial charge in [0.1, 0.15) is 11.9 Å². The van der Waals surface area contributed by atoms with Crippen molar-refractivity contribution in [3.05, 3.63) is 66.0 Å². The molecule has 0 radical (unpaired) electrons. The summed E-state index contributed by atoms with van der Waals surface area (Å²) in [5.41, 5.74) is 1.49. The molecule has 0 aromatic heterocycles. The quantitative estimate of drug-likeness (QED) is 0.743. The second kappa shape index (κ2) is 10.7. The number of benzene rings is 2. The molecule has 2 aromatic rings. The molecule has 2 aromatic carbocycles. The maximum absolute atomic E-state index is 13.3. The Morgan fingerprint density at radius 2 is 1.47 bits per heavy atom. The molecule has 2 aliphatic rings. The second-order valence-corrected chi connectivity index (χ2v) is 8.86. The van der Waals surface area contributed by atoms with Gasteiger partial charge in [0.05, 0.1) is 0 Å². The Bertz CT molecular complexity index is 887. The van der Waals surface area contributed by atoms with E-state index >= 15 is 0 Å². The van der Waals surface area contributed by atoms with Crippen LogP contribution in [0.1, 0.15) is 50.1 Å². The number of rotatable bonds is 5. The topological polar surface area (TPSA) is 52.7 Å². The van der Waals surface area contributed by atoms with Crippen LogP contribution < -0.4 is 5.32 Å². The monoisotopic (exact) mass is 437 g/mol. The molecule has 1 atom stereocenters. The van der Waals surface area contributed by atoms with Crippen molar-refractivity contribution in [2.24, 2.45) is 5.92 Å². The Kier molecular flexibility index (Phi) is 7.53. The highest BCUT2D eigenvalue weighted by atomic mass is 19.1. The first-order chi connectivity index (χ1) is 15.6. The van der Waals surface area contributed by atoms with Crippen molar-refractivity contribution in [2.45, 2.75) is 44.6 Å². The first kappa shape index (κ1) is 22.5. The molecule has 32 heavy (non-hydrogen) atoms. The lowest BCUT2D eigenvalue weighted by atomic mass is 9.92. The largest absolute Gasteiger partial charge is 0.342 e. The summed E-state index contributed by atoms with van der Waals surface area (Å²) in [7, 11) is 0. The summed E-state index contributed by atoms with van der Waals surface area (Å²) in [6.07, 6.45) is 6.16. The lowest BCUT2D eigenvalue weighted by molar-refractivity contribution is -0.137. The van der Waals surface area contributed by atoms with Crippen LogP contribution in [0.15, 0.2) is 54.6 Å². The summed E-state index contributed by atoms with van der Waals surface area (Å²) < 4.78 is 13.2. The van der Waals surface area contributed by atoms with E-state index < -0.39 is 6.04 Å². The van der Waals surface area contributed by atoms with Crippen LogP contribution in [0.3, 0.4) is 0 Å². The van der Waals surface area contributed by atoms with Crippen molar-refractivity contribution >= 4 is 17.5 Å². The SMILES string of the molecule is O=C(Nc1ccc(F)cc1)[C@@H](c1ccccc1)N1CCC(C(=O)N2CCCCCC2)CC1. The number of carbonyl (C=O) groups is 2. The fourth-order valence-corrected chi connectivity index (χ4v) is 4.86. The zero-order valence-electron chi connectivity index (χ0n) is 18.5. The van der Waals surface area contributed by atoms with Crippen LogP contribution in [-0.2, 0) is 9.59 Å². The molecule has 6 heteroatoms. The van der Waals surface area contributed by atoms with Crippen molar-refractivity contribution in [3.63, 3.8) is 0 Å². The van der Waals surface area contributed by atoms with E-state index in [1.54, 1.807) is 12.1 Å². The van der Waals surface area contributed by atoms with Crippen LogP contribution in [0.25, 0.3) is 0 Å². The van der Waals surface area contributed by atoms with Gasteiger partial charge < -0.3 is 10.2 Å². The molecule has 170 valence electrons. The van der Waals surface area contributed by atoms with Crippen molar-refractivity contribution in [1.82, 2.24) is 9.80 Å². The highest BCUT2D eigenvalue weighted by Crippen LogP contribution is 2.29. The fraction of sp³-hybridized carbons (Fsp3) is 0.462. The average molecular weight is 438 g/mol. The van der Waals surface area contributed by atoms with E-state index in [4.69, 9.17) is 0 Å². The predicted octanol–water partition coefficient (Wildman–Crippen LogP) is 4.62. The highest BCUT2D eigenvalue weighted by molar-refractivity contribution is 5.95. The van der Waals surface area contributed by atoms with Gasteiger partial charge in [-0.2, -0.15) is 0 Å². The van der Waals surface area contributed by atoms with E-state index in [0.29, 0.717) is 24.7 Å². The lowest BCUT2D eigenvalue weighted by Crippen LogP contribution is -2.46. The van der Waals surface area contributed by atoms with Crippen LogP contribution >= 0.6 is 0 Å². The molecule has 2 aliphatic heterocycles. The highest BCUT2D eigenvalue weighted by Gasteiger charge is 2.34. The van der Waals surface area contributed by atoms with E-state index in [-0.39, 0.29) is 17.6 Å². The molecule has 0 unspecified atom stereocenters. The van der Waals surface area contributed by atoms with Crippen LogP contribution in [0, 0.1) is 11.7 Å². The Balaban J connectivity index is 1.43. The number of nitrogens with one attached hydrogen (secondary N) is 1. The Labute approximate surface area is 189 Å². The Hall–Kier alpha value is -2.73. The molecule has 0 saturated carbocycles. The fourth-order valence-electron chi connectivity index (χ4n) is 4.86. The predicted molar refractivity (Wildman–Crippen MR) is 124 cm³/mol. The molecule has 0 aliphatic carbocycles. The Morgan fingerprint density at radius 1 is 0.844 bits per heavy atom. The third-order valence-corrected chi connectivity index (χ3v) is 6.64. The number of piperidine rings is 1. The van der Waals surface area contributed by atoms with Gasteiger partial charge in [0.25, 0.3) is 0 Å². The summed E-state index contributed by atoms with van der Waals surface area (Å²) in [4.78, 5) is 30.6. The molecule has 4 rings (SSSR count). The van der Waals surface area contributed by atoms with Crippen LogP contribution in [0.5, 0.6) is 0 Å². The summed E-state index contributed by atoms with van der Waals surface area (Å²) in [6, 6.07) is 15.1. The number of likely N-dealkylation sites (tertiary alicyclic amines) is 2. The molecule has 2 saturated heterocycles. The number of carbonyl (C=O) groups excluding carboxylic acids is 2. The maximum Gasteiger partial charge on any atom is 0.246 e. The van der Waals surface area contributed by atoms with Gasteiger partial charge in [-0.3, -0.25) is 14.5 Å². The molecule has 5 nitrogen and oxygen atoms in total. The van der Waals surface area contributed by atoms with E-state index in [9.17, 15) is 14.0 Å². The summed E-state index contributed by atoms with van der Waals surface area (Å²) in [6.45, 7) is 3.15. The standard InChI is InChI=1S/C26H32FN3O2/c27-22-10-12-23(13-11-22)28-25(31)24(20-8-4-3-5-9-20)29-18-14-21(15-19-29)26(32)30-16-6-1-2-7-17-30/h3-5,8-13,21,24H,1-2,6-7,14-19H2,(H,28,31)/t24-/m1/s1. The minimum absolute atomic E-state index is 0.0425. The van der Waals surface area contributed by atoms with Gasteiger partial charge in [0.2, 0.25) is 11.8 Å². The van der Waals surface area contributed by atoms with Crippen molar-refractivity contribution in [3.8, 4) is 0 Å². The lowest BCUT2D eigenvalue weighted by Gasteiger charge is -2.38. The zero-order chi connectivity index (χ0) is 22.3. The van der Waals surface area contributed by atoms with Crippen molar-refractivity contribution < 1.29 is 14.0 Å². The summed E-state index contributed by atoms with van der Waals surface area (Å²) in [5.74, 6) is -0.140. The van der Waals surface area contributed by atoms with Gasteiger partial charge in [0.15, 0.2) is 0 Å². The number of halogens is 1. The minimum Gasteiger partial charge on any atom is -0.342 e. The number of amides is 2. The average Bonchev–Trinajstić information content (AvgIpc) is 3.11. The van der Waals surface area contributed by atoms with Gasteiger partial charge in [-0.15, -0.1) is 0 Å². The van der Waals surface area contributed by atoms with E-state index in [1.807, 2.05) is 30.3 Å². The minimum atomic E-state index is -0.449. The first-order valence-electron chi connectivity index (χ1n) is 11.8. The molecule has 1 N–H and O–H groups in total. The molecule has 2 heterocycles. The van der Waals surface area contributed by atoms with Crippen molar-refractivity contribution in [2.75, 3.05) is 31.5 Å². The number of nitrogens with zero attached hydrogens (tertiary/aromatic N) is 2. The van der Waals surface area contributed by atoms with Crippen LogP contribution in [0.2, 0.25) is 0 Å².